The van der Waals surface area contributed by atoms with E-state index in [-0.39, 0.29) is 24.7 Å². The highest BCUT2D eigenvalue weighted by Crippen LogP contribution is 2.38. The summed E-state index contributed by atoms with van der Waals surface area (Å²) in [6.45, 7) is 2.35. The lowest BCUT2D eigenvalue weighted by Crippen LogP contribution is -2.50. The minimum absolute atomic E-state index is 0.0342. The summed E-state index contributed by atoms with van der Waals surface area (Å²) in [6, 6.07) is 0. The minimum Gasteiger partial charge on any atom is -0.390 e. The van der Waals surface area contributed by atoms with Crippen LogP contribution in [0, 0.1) is 23.7 Å². The Labute approximate surface area is 150 Å². The van der Waals surface area contributed by atoms with E-state index in [0.717, 1.165) is 38.4 Å². The number of carbonyl (C=O) groups excluding carboxylic acids is 1. The van der Waals surface area contributed by atoms with Crippen molar-refractivity contribution in [1.82, 2.24) is 4.90 Å². The summed E-state index contributed by atoms with van der Waals surface area (Å²) in [7, 11) is 0. The van der Waals surface area contributed by atoms with Gasteiger partial charge in [0.05, 0.1) is 12.2 Å². The summed E-state index contributed by atoms with van der Waals surface area (Å²) >= 11 is 0. The Bertz CT molecular complexity index is 441. The molecule has 4 unspecified atom stereocenters. The number of aliphatic hydroxyl groups is 3. The summed E-state index contributed by atoms with van der Waals surface area (Å²) in [6.07, 6.45) is 4.54. The Morgan fingerprint density at radius 3 is 2.16 bits per heavy atom. The lowest BCUT2D eigenvalue weighted by Gasteiger charge is -2.41. The van der Waals surface area contributed by atoms with Crippen LogP contribution in [-0.4, -0.2) is 64.1 Å². The highest BCUT2D eigenvalue weighted by Gasteiger charge is 2.40. The summed E-state index contributed by atoms with van der Waals surface area (Å²) in [5, 5.41) is 29.3. The number of nitrogens with two attached hydrogens (primary N) is 1. The summed E-state index contributed by atoms with van der Waals surface area (Å²) < 4.78 is 0. The number of amides is 1. The molecule has 6 heteroatoms. The molecule has 2 aliphatic carbocycles. The quantitative estimate of drug-likeness (QED) is 0.590. The van der Waals surface area contributed by atoms with Crippen molar-refractivity contribution in [3.05, 3.63) is 0 Å². The first-order valence-corrected chi connectivity index (χ1v) is 10.0. The number of rotatable bonds is 3. The number of likely N-dealkylation sites (tertiary alicyclic amines) is 1. The molecule has 144 valence electrons. The fourth-order valence-corrected chi connectivity index (χ4v) is 5.24. The van der Waals surface area contributed by atoms with Crippen LogP contribution in [0.4, 0.5) is 0 Å². The van der Waals surface area contributed by atoms with E-state index in [0.29, 0.717) is 11.8 Å². The van der Waals surface area contributed by atoms with Gasteiger partial charge in [-0.05, 0) is 62.8 Å². The average Bonchev–Trinajstić information content (AvgIpc) is 2.65. The van der Waals surface area contributed by atoms with Crippen LogP contribution >= 0.6 is 0 Å². The Balaban J connectivity index is 1.49. The third kappa shape index (κ3) is 4.35. The van der Waals surface area contributed by atoms with Crippen LogP contribution < -0.4 is 5.73 Å². The van der Waals surface area contributed by atoms with Crippen LogP contribution in [0.15, 0.2) is 0 Å². The number of carbonyl (C=O) groups is 1. The highest BCUT2D eigenvalue weighted by molar-refractivity contribution is 5.79. The Morgan fingerprint density at radius 1 is 0.920 bits per heavy atom. The molecule has 1 amide bonds. The molecule has 0 aromatic carbocycles. The van der Waals surface area contributed by atoms with Gasteiger partial charge in [0.1, 0.15) is 6.10 Å². The van der Waals surface area contributed by atoms with Crippen molar-refractivity contribution in [3.8, 4) is 0 Å². The van der Waals surface area contributed by atoms with Crippen molar-refractivity contribution in [2.24, 2.45) is 29.4 Å². The molecule has 1 saturated heterocycles. The van der Waals surface area contributed by atoms with E-state index in [2.05, 4.69) is 0 Å². The third-order valence-electron chi connectivity index (χ3n) is 6.86. The van der Waals surface area contributed by atoms with Crippen molar-refractivity contribution in [1.29, 1.82) is 0 Å². The van der Waals surface area contributed by atoms with Crippen LogP contribution in [0.3, 0.4) is 0 Å². The molecule has 1 heterocycles. The fraction of sp³-hybridized carbons (Fsp3) is 0.947. The predicted molar refractivity (Wildman–Crippen MR) is 94.6 cm³/mol. The predicted octanol–water partition coefficient (Wildman–Crippen LogP) is 0.483. The molecule has 0 aromatic heterocycles. The second kappa shape index (κ2) is 8.33. The van der Waals surface area contributed by atoms with Gasteiger partial charge in [0.2, 0.25) is 5.91 Å². The number of piperidine rings is 1. The molecular formula is C19H34N2O4. The number of hydrogen-bond acceptors (Lipinski definition) is 5. The molecule has 0 aromatic rings. The molecule has 3 fully saturated rings. The smallest absolute Gasteiger partial charge is 0.225 e. The number of nitrogens with zero attached hydrogens (tertiary/aromatic N) is 1. The molecule has 0 bridgehead atoms. The molecule has 0 radical (unpaired) electrons. The van der Waals surface area contributed by atoms with Crippen LogP contribution in [-0.2, 0) is 4.79 Å². The fourth-order valence-electron chi connectivity index (χ4n) is 5.24. The summed E-state index contributed by atoms with van der Waals surface area (Å²) in [4.78, 5) is 14.6. The maximum Gasteiger partial charge on any atom is 0.225 e. The molecule has 0 spiro atoms. The zero-order valence-electron chi connectivity index (χ0n) is 15.1. The monoisotopic (exact) mass is 354 g/mol. The number of hydrogen-bond donors (Lipinski definition) is 4. The van der Waals surface area contributed by atoms with Gasteiger partial charge < -0.3 is 26.0 Å². The van der Waals surface area contributed by atoms with Crippen molar-refractivity contribution in [3.63, 3.8) is 0 Å². The highest BCUT2D eigenvalue weighted by atomic mass is 16.4. The Hall–Kier alpha value is -0.690. The van der Waals surface area contributed by atoms with Gasteiger partial charge in [0.15, 0.2) is 0 Å². The SMILES string of the molecule is NCC1CCCC(C2CCN(C(=O)C3CC(O)C(O)C(O)C3)CC2)C1. The normalized spacial score (nSPS) is 40.9. The van der Waals surface area contributed by atoms with E-state index in [9.17, 15) is 20.1 Å². The molecule has 25 heavy (non-hydrogen) atoms. The Morgan fingerprint density at radius 2 is 1.56 bits per heavy atom. The first-order valence-electron chi connectivity index (χ1n) is 10.0. The topological polar surface area (TPSA) is 107 Å². The van der Waals surface area contributed by atoms with Gasteiger partial charge in [0, 0.05) is 19.0 Å². The van der Waals surface area contributed by atoms with Crippen LogP contribution in [0.1, 0.15) is 51.4 Å². The molecular weight excluding hydrogens is 320 g/mol. The van der Waals surface area contributed by atoms with Gasteiger partial charge in [-0.2, -0.15) is 0 Å². The van der Waals surface area contributed by atoms with Gasteiger partial charge in [-0.25, -0.2) is 0 Å². The van der Waals surface area contributed by atoms with Crippen LogP contribution in [0.25, 0.3) is 0 Å². The summed E-state index contributed by atoms with van der Waals surface area (Å²) in [5.41, 5.74) is 5.86. The lowest BCUT2D eigenvalue weighted by molar-refractivity contribution is -0.149. The van der Waals surface area contributed by atoms with Gasteiger partial charge in [-0.3, -0.25) is 4.79 Å². The second-order valence-electron chi connectivity index (χ2n) is 8.48. The zero-order chi connectivity index (χ0) is 18.0. The third-order valence-corrected chi connectivity index (χ3v) is 6.86. The van der Waals surface area contributed by atoms with Crippen molar-refractivity contribution in [2.45, 2.75) is 69.7 Å². The first-order chi connectivity index (χ1) is 12.0. The second-order valence-corrected chi connectivity index (χ2v) is 8.48. The summed E-state index contributed by atoms with van der Waals surface area (Å²) in [5.74, 6) is 1.79. The Kier molecular flexibility index (Phi) is 6.36. The maximum atomic E-state index is 12.7. The molecule has 6 nitrogen and oxygen atoms in total. The molecule has 4 atom stereocenters. The maximum absolute atomic E-state index is 12.7. The number of aliphatic hydroxyl groups excluding tert-OH is 3. The lowest BCUT2D eigenvalue weighted by atomic mass is 9.72. The van der Waals surface area contributed by atoms with E-state index in [1.807, 2.05) is 4.90 Å². The van der Waals surface area contributed by atoms with Crippen molar-refractivity contribution < 1.29 is 20.1 Å². The molecule has 3 rings (SSSR count). The van der Waals surface area contributed by atoms with Crippen molar-refractivity contribution in [2.75, 3.05) is 19.6 Å². The van der Waals surface area contributed by atoms with E-state index < -0.39 is 18.3 Å². The molecule has 5 N–H and O–H groups in total. The van der Waals surface area contributed by atoms with Crippen LogP contribution in [0.2, 0.25) is 0 Å². The zero-order valence-corrected chi connectivity index (χ0v) is 15.1. The largest absolute Gasteiger partial charge is 0.390 e. The minimum atomic E-state index is -1.13. The molecule has 1 aliphatic heterocycles. The molecule has 2 saturated carbocycles. The van der Waals surface area contributed by atoms with Crippen molar-refractivity contribution >= 4 is 5.91 Å². The van der Waals surface area contributed by atoms with Gasteiger partial charge in [-0.1, -0.05) is 12.8 Å². The van der Waals surface area contributed by atoms with Crippen LogP contribution in [0.5, 0.6) is 0 Å². The van der Waals surface area contributed by atoms with Gasteiger partial charge in [-0.15, -0.1) is 0 Å². The van der Waals surface area contributed by atoms with E-state index in [4.69, 9.17) is 5.73 Å². The van der Waals surface area contributed by atoms with Gasteiger partial charge in [0.25, 0.3) is 0 Å². The van der Waals surface area contributed by atoms with Gasteiger partial charge >= 0.3 is 0 Å². The molecule has 3 aliphatic rings. The van der Waals surface area contributed by atoms with E-state index in [1.165, 1.54) is 25.7 Å². The standard InChI is InChI=1S/C19H34N2O4/c20-11-12-2-1-3-14(8-12)13-4-6-21(7-5-13)19(25)15-9-16(22)18(24)17(23)10-15/h12-18,22-24H,1-11,20H2. The van der Waals surface area contributed by atoms with E-state index in [1.54, 1.807) is 0 Å². The van der Waals surface area contributed by atoms with E-state index >= 15 is 0 Å². The first kappa shape index (κ1) is 19.1. The average molecular weight is 354 g/mol.